The van der Waals surface area contributed by atoms with Gasteiger partial charge >= 0.3 is 5.97 Å². The van der Waals surface area contributed by atoms with Crippen molar-refractivity contribution in [3.8, 4) is 0 Å². The molecule has 3 aliphatic heterocycles. The predicted molar refractivity (Wildman–Crippen MR) is 152 cm³/mol. The van der Waals surface area contributed by atoms with Gasteiger partial charge in [0, 0.05) is 31.4 Å². The second kappa shape index (κ2) is 15.5. The van der Waals surface area contributed by atoms with Crippen LogP contribution in [0.4, 0.5) is 0 Å². The summed E-state index contributed by atoms with van der Waals surface area (Å²) < 4.78 is 18.5. The van der Waals surface area contributed by atoms with Crippen LogP contribution in [0.1, 0.15) is 59.3 Å². The van der Waals surface area contributed by atoms with Crippen LogP contribution in [0.2, 0.25) is 0 Å². The number of fused-ring (bicyclic) bond motifs is 4. The van der Waals surface area contributed by atoms with Crippen molar-refractivity contribution >= 4 is 5.97 Å². The van der Waals surface area contributed by atoms with Crippen LogP contribution in [0.25, 0.3) is 0 Å². The molecule has 7 heteroatoms. The first-order valence-corrected chi connectivity index (χ1v) is 14.2. The van der Waals surface area contributed by atoms with Crippen LogP contribution >= 0.6 is 0 Å². The molecule has 0 aromatic carbocycles. The SMILES string of the molecule is CC1=C/[C@H]2O[C@@H](C/C=C/C=C/C(=O)O[C@@H]3CC(/C=C/C\C=C\1)OC(C/C=C\CCO)[C@]3(C)CO)C[C@H](O)C2C. The molecular weight excluding hydrogens is 496 g/mol. The van der Waals surface area contributed by atoms with Crippen LogP contribution in [0, 0.1) is 11.3 Å². The highest BCUT2D eigenvalue weighted by Gasteiger charge is 2.48. The van der Waals surface area contributed by atoms with E-state index in [9.17, 15) is 15.0 Å². The molecule has 7 nitrogen and oxygen atoms in total. The van der Waals surface area contributed by atoms with Crippen molar-refractivity contribution in [1.29, 1.82) is 0 Å². The third-order valence-corrected chi connectivity index (χ3v) is 7.96. The van der Waals surface area contributed by atoms with E-state index in [2.05, 4.69) is 18.2 Å². The van der Waals surface area contributed by atoms with Gasteiger partial charge in [0.1, 0.15) is 6.10 Å². The van der Waals surface area contributed by atoms with E-state index < -0.39 is 23.6 Å². The lowest BCUT2D eigenvalue weighted by atomic mass is 9.73. The van der Waals surface area contributed by atoms with Crippen LogP contribution in [0.5, 0.6) is 0 Å². The number of aliphatic hydroxyl groups excluding tert-OH is 3. The topological polar surface area (TPSA) is 105 Å². The molecule has 0 aromatic rings. The van der Waals surface area contributed by atoms with E-state index in [4.69, 9.17) is 19.3 Å². The number of hydrogen-bond acceptors (Lipinski definition) is 7. The molecule has 2 fully saturated rings. The molecule has 2 saturated heterocycles. The molecule has 3 aliphatic rings. The smallest absolute Gasteiger partial charge is 0.331 e. The Labute approximate surface area is 233 Å². The summed E-state index contributed by atoms with van der Waals surface area (Å²) in [6, 6.07) is 0. The molecule has 3 rings (SSSR count). The van der Waals surface area contributed by atoms with Crippen molar-refractivity contribution in [2.24, 2.45) is 11.3 Å². The average molecular weight is 543 g/mol. The Morgan fingerprint density at radius 3 is 2.67 bits per heavy atom. The van der Waals surface area contributed by atoms with Gasteiger partial charge in [-0.25, -0.2) is 4.79 Å². The summed E-state index contributed by atoms with van der Waals surface area (Å²) in [6.07, 6.45) is 22.4. The molecule has 8 atom stereocenters. The monoisotopic (exact) mass is 542 g/mol. The Balaban J connectivity index is 1.84. The van der Waals surface area contributed by atoms with Gasteiger partial charge in [-0.3, -0.25) is 0 Å². The molecule has 0 radical (unpaired) electrons. The maximum absolute atomic E-state index is 12.8. The van der Waals surface area contributed by atoms with Crippen molar-refractivity contribution in [2.45, 2.75) is 95.9 Å². The van der Waals surface area contributed by atoms with Gasteiger partial charge < -0.3 is 29.5 Å². The molecule has 0 spiro atoms. The summed E-state index contributed by atoms with van der Waals surface area (Å²) in [5, 5.41) is 30.0. The fourth-order valence-electron chi connectivity index (χ4n) is 5.30. The molecular formula is C32H46O7. The summed E-state index contributed by atoms with van der Waals surface area (Å²) in [6.45, 7) is 5.83. The molecule has 0 amide bonds. The van der Waals surface area contributed by atoms with Crippen LogP contribution in [0.15, 0.2) is 72.4 Å². The summed E-state index contributed by atoms with van der Waals surface area (Å²) in [7, 11) is 0. The zero-order valence-electron chi connectivity index (χ0n) is 23.5. The van der Waals surface area contributed by atoms with Crippen molar-refractivity contribution < 1.29 is 34.3 Å². The number of hydrogen-bond donors (Lipinski definition) is 3. The van der Waals surface area contributed by atoms with E-state index in [1.807, 2.05) is 51.2 Å². The molecule has 3 heterocycles. The first kappa shape index (κ1) is 31.2. The Bertz CT molecular complexity index is 962. The highest BCUT2D eigenvalue weighted by Crippen LogP contribution is 2.41. The Morgan fingerprint density at radius 1 is 1.08 bits per heavy atom. The lowest BCUT2D eigenvalue weighted by Crippen LogP contribution is -2.55. The largest absolute Gasteiger partial charge is 0.458 e. The molecule has 0 aromatic heterocycles. The van der Waals surface area contributed by atoms with Crippen molar-refractivity contribution in [2.75, 3.05) is 13.2 Å². The number of aliphatic hydroxyl groups is 3. The Morgan fingerprint density at radius 2 is 1.90 bits per heavy atom. The van der Waals surface area contributed by atoms with Crippen LogP contribution in [-0.4, -0.2) is 71.1 Å². The molecule has 0 aliphatic carbocycles. The molecule has 39 heavy (non-hydrogen) atoms. The van der Waals surface area contributed by atoms with E-state index in [1.165, 1.54) is 6.08 Å². The molecule has 0 saturated carbocycles. The lowest BCUT2D eigenvalue weighted by molar-refractivity contribution is -0.198. The van der Waals surface area contributed by atoms with Crippen LogP contribution in [-0.2, 0) is 19.0 Å². The maximum Gasteiger partial charge on any atom is 0.331 e. The number of carbonyl (C=O) groups is 1. The minimum Gasteiger partial charge on any atom is -0.458 e. The number of ether oxygens (including phenoxy) is 3. The summed E-state index contributed by atoms with van der Waals surface area (Å²) in [5.74, 6) is -0.465. The van der Waals surface area contributed by atoms with Crippen molar-refractivity contribution in [3.63, 3.8) is 0 Å². The van der Waals surface area contributed by atoms with E-state index >= 15 is 0 Å². The zero-order chi connectivity index (χ0) is 28.3. The summed E-state index contributed by atoms with van der Waals surface area (Å²) in [5.41, 5.74) is 0.300. The Kier molecular flexibility index (Phi) is 12.4. The normalized spacial score (nSPS) is 41.1. The van der Waals surface area contributed by atoms with E-state index in [0.717, 1.165) is 5.57 Å². The summed E-state index contributed by atoms with van der Waals surface area (Å²) >= 11 is 0. The maximum atomic E-state index is 12.8. The highest BCUT2D eigenvalue weighted by molar-refractivity contribution is 5.82. The van der Waals surface area contributed by atoms with Crippen molar-refractivity contribution in [1.82, 2.24) is 0 Å². The van der Waals surface area contributed by atoms with Gasteiger partial charge in [0.2, 0.25) is 0 Å². The van der Waals surface area contributed by atoms with E-state index in [1.54, 1.807) is 12.2 Å². The summed E-state index contributed by atoms with van der Waals surface area (Å²) in [4.78, 5) is 12.8. The standard InChI is InChI=1S/C32H46O7/c1-23-13-7-4-8-15-26-21-30(32(3,22-34)29(38-26)16-10-6-12-18-33)39-31(36)17-11-5-9-14-25-20-27(35)24(2)28(19-23)37-25/h5-11,13,15,17,19,24-30,33-35H,4,12,14,16,18,20-22H2,1-3H3/b9-5+,10-6-,13-7+,15-8+,17-11+,23-19-/t24?,25-,26?,27-,28+,29?,30+,32-/m0/s1. The van der Waals surface area contributed by atoms with Gasteiger partial charge in [-0.1, -0.05) is 80.2 Å². The van der Waals surface area contributed by atoms with Gasteiger partial charge in [0.15, 0.2) is 0 Å². The van der Waals surface area contributed by atoms with E-state index in [0.29, 0.717) is 38.5 Å². The third kappa shape index (κ3) is 9.12. The number of allylic oxidation sites excluding steroid dienone is 6. The van der Waals surface area contributed by atoms with Crippen LogP contribution < -0.4 is 0 Å². The van der Waals surface area contributed by atoms with Gasteiger partial charge in [-0.15, -0.1) is 0 Å². The highest BCUT2D eigenvalue weighted by atomic mass is 16.6. The molecule has 3 N–H and O–H groups in total. The molecule has 4 bridgehead atoms. The lowest BCUT2D eigenvalue weighted by Gasteiger charge is -2.47. The first-order chi connectivity index (χ1) is 18.8. The third-order valence-electron chi connectivity index (χ3n) is 7.96. The fraction of sp³-hybridized carbons (Fsp3) is 0.594. The molecule has 216 valence electrons. The zero-order valence-corrected chi connectivity index (χ0v) is 23.5. The second-order valence-corrected chi connectivity index (χ2v) is 11.1. The minimum absolute atomic E-state index is 0.00781. The van der Waals surface area contributed by atoms with Gasteiger partial charge in [-0.05, 0) is 32.6 Å². The fourth-order valence-corrected chi connectivity index (χ4v) is 5.30. The van der Waals surface area contributed by atoms with Gasteiger partial charge in [-0.2, -0.15) is 0 Å². The predicted octanol–water partition coefficient (Wildman–Crippen LogP) is 4.50. The first-order valence-electron chi connectivity index (χ1n) is 14.2. The van der Waals surface area contributed by atoms with E-state index in [-0.39, 0.29) is 43.5 Å². The minimum atomic E-state index is -0.779. The van der Waals surface area contributed by atoms with Crippen molar-refractivity contribution in [3.05, 3.63) is 72.4 Å². The number of esters is 1. The molecule has 3 unspecified atom stereocenters. The quantitative estimate of drug-likeness (QED) is 0.347. The Hall–Kier alpha value is -2.29. The number of carbonyl (C=O) groups excluding carboxylic acids is 1. The average Bonchev–Trinajstić information content (AvgIpc) is 2.90. The van der Waals surface area contributed by atoms with Gasteiger partial charge in [0.05, 0.1) is 42.5 Å². The van der Waals surface area contributed by atoms with Crippen LogP contribution in [0.3, 0.4) is 0 Å². The van der Waals surface area contributed by atoms with Gasteiger partial charge in [0.25, 0.3) is 0 Å². The second-order valence-electron chi connectivity index (χ2n) is 11.1. The number of rotatable bonds is 5.